The van der Waals surface area contributed by atoms with Crippen LogP contribution >= 0.6 is 35.0 Å². The summed E-state index contributed by atoms with van der Waals surface area (Å²) in [6, 6.07) is 5.83. The molecule has 8 heteroatoms. The van der Waals surface area contributed by atoms with Crippen molar-refractivity contribution in [3.05, 3.63) is 46.8 Å². The number of hydrogen-bond acceptors (Lipinski definition) is 5. The zero-order chi connectivity index (χ0) is 20.0. The van der Waals surface area contributed by atoms with Gasteiger partial charge in [-0.2, -0.15) is 0 Å². The van der Waals surface area contributed by atoms with Crippen molar-refractivity contribution in [1.82, 2.24) is 14.4 Å². The van der Waals surface area contributed by atoms with E-state index in [1.807, 2.05) is 30.7 Å². The van der Waals surface area contributed by atoms with Crippen LogP contribution in [0.25, 0.3) is 5.65 Å². The maximum absolute atomic E-state index is 6.45. The van der Waals surface area contributed by atoms with E-state index in [1.54, 1.807) is 6.07 Å². The Bertz CT molecular complexity index is 1040. The molecule has 152 valence electrons. The molecule has 1 spiro atoms. The quantitative estimate of drug-likeness (QED) is 0.591. The van der Waals surface area contributed by atoms with Crippen molar-refractivity contribution in [2.75, 3.05) is 18.0 Å². The minimum absolute atomic E-state index is 0.337. The van der Waals surface area contributed by atoms with Gasteiger partial charge < -0.3 is 10.6 Å². The van der Waals surface area contributed by atoms with E-state index in [0.717, 1.165) is 47.3 Å². The highest BCUT2D eigenvalue weighted by Gasteiger charge is 2.43. The number of fused-ring (bicyclic) bond motifs is 1. The van der Waals surface area contributed by atoms with E-state index < -0.39 is 0 Å². The molecule has 1 aliphatic carbocycles. The number of nitrogens with two attached hydrogens (primary N) is 1. The summed E-state index contributed by atoms with van der Waals surface area (Å²) in [5.74, 6) is 0.945. The molecule has 2 N–H and O–H groups in total. The van der Waals surface area contributed by atoms with Gasteiger partial charge in [-0.15, -0.1) is 0 Å². The lowest BCUT2D eigenvalue weighted by Gasteiger charge is -2.42. The zero-order valence-electron chi connectivity index (χ0n) is 16.0. The summed E-state index contributed by atoms with van der Waals surface area (Å²) in [6.45, 7) is 1.97. The van der Waals surface area contributed by atoms with E-state index in [0.29, 0.717) is 21.5 Å². The van der Waals surface area contributed by atoms with Crippen LogP contribution in [0.5, 0.6) is 0 Å². The Labute approximate surface area is 184 Å². The fourth-order valence-corrected chi connectivity index (χ4v) is 6.21. The second kappa shape index (κ2) is 7.65. The monoisotopic (exact) mass is 447 g/mol. The standard InChI is InChI=1S/C21H23Cl2N5S/c22-14-3-4-15(23)16(12-14)29-17-13-26-20(28-11-8-25-19(17)28)27-9-6-21(7-10-27)5-1-2-18(21)24/h3-4,8,11-13,18H,1-2,5-7,9-10,24H2. The average molecular weight is 448 g/mol. The molecular formula is C21H23Cl2N5S. The molecule has 1 atom stereocenters. The van der Waals surface area contributed by atoms with Crippen LogP contribution in [0.4, 0.5) is 5.95 Å². The fourth-order valence-electron chi connectivity index (χ4n) is 4.80. The van der Waals surface area contributed by atoms with E-state index in [2.05, 4.69) is 14.3 Å². The van der Waals surface area contributed by atoms with Crippen LogP contribution < -0.4 is 10.6 Å². The van der Waals surface area contributed by atoms with Crippen LogP contribution in [0, 0.1) is 5.41 Å². The summed E-state index contributed by atoms with van der Waals surface area (Å²) in [4.78, 5) is 13.6. The summed E-state index contributed by atoms with van der Waals surface area (Å²) in [6.07, 6.45) is 11.7. The second-order valence-electron chi connectivity index (χ2n) is 8.07. The third-order valence-corrected chi connectivity index (χ3v) is 8.25. The van der Waals surface area contributed by atoms with E-state index in [1.165, 1.54) is 31.0 Å². The Balaban J connectivity index is 1.42. The molecule has 2 fully saturated rings. The lowest BCUT2D eigenvalue weighted by molar-refractivity contribution is 0.197. The molecule has 5 rings (SSSR count). The molecule has 1 aliphatic heterocycles. The summed E-state index contributed by atoms with van der Waals surface area (Å²) in [5, 5.41) is 1.33. The Morgan fingerprint density at radius 1 is 1.10 bits per heavy atom. The summed E-state index contributed by atoms with van der Waals surface area (Å²) < 4.78 is 2.08. The van der Waals surface area contributed by atoms with Crippen LogP contribution in [-0.4, -0.2) is 33.5 Å². The molecule has 1 aromatic carbocycles. The van der Waals surface area contributed by atoms with Gasteiger partial charge in [-0.25, -0.2) is 9.97 Å². The largest absolute Gasteiger partial charge is 0.342 e. The lowest BCUT2D eigenvalue weighted by atomic mass is 9.74. The topological polar surface area (TPSA) is 59.5 Å². The minimum atomic E-state index is 0.337. The minimum Gasteiger partial charge on any atom is -0.342 e. The van der Waals surface area contributed by atoms with Crippen LogP contribution in [-0.2, 0) is 0 Å². The second-order valence-corrected chi connectivity index (χ2v) is 10.00. The number of piperidine rings is 1. The molecule has 3 aromatic rings. The molecule has 5 nitrogen and oxygen atoms in total. The van der Waals surface area contributed by atoms with Gasteiger partial charge in [0, 0.05) is 47.6 Å². The first-order chi connectivity index (χ1) is 14.1. The molecule has 0 radical (unpaired) electrons. The van der Waals surface area contributed by atoms with Gasteiger partial charge in [0.15, 0.2) is 5.65 Å². The van der Waals surface area contributed by atoms with E-state index in [4.69, 9.17) is 33.9 Å². The Morgan fingerprint density at radius 2 is 1.93 bits per heavy atom. The van der Waals surface area contributed by atoms with E-state index >= 15 is 0 Å². The number of aromatic nitrogens is 3. The number of halogens is 2. The smallest absolute Gasteiger partial charge is 0.211 e. The van der Waals surface area contributed by atoms with Gasteiger partial charge in [0.2, 0.25) is 5.95 Å². The van der Waals surface area contributed by atoms with Crippen molar-refractivity contribution in [3.63, 3.8) is 0 Å². The Kier molecular flexibility index (Phi) is 5.14. The van der Waals surface area contributed by atoms with Crippen molar-refractivity contribution in [2.24, 2.45) is 11.1 Å². The van der Waals surface area contributed by atoms with Gasteiger partial charge >= 0.3 is 0 Å². The highest BCUT2D eigenvalue weighted by atomic mass is 35.5. The lowest BCUT2D eigenvalue weighted by Crippen LogP contribution is -2.47. The molecule has 2 aromatic heterocycles. The third-order valence-electron chi connectivity index (χ3n) is 6.51. The van der Waals surface area contributed by atoms with E-state index in [9.17, 15) is 0 Å². The molecule has 1 saturated heterocycles. The fraction of sp³-hybridized carbons (Fsp3) is 0.429. The predicted molar refractivity (Wildman–Crippen MR) is 119 cm³/mol. The summed E-state index contributed by atoms with van der Waals surface area (Å²) in [7, 11) is 0. The van der Waals surface area contributed by atoms with Gasteiger partial charge in [-0.1, -0.05) is 41.4 Å². The average Bonchev–Trinajstić information content (AvgIpc) is 3.34. The van der Waals surface area contributed by atoms with Crippen molar-refractivity contribution in [2.45, 2.75) is 47.9 Å². The zero-order valence-corrected chi connectivity index (χ0v) is 18.3. The number of anilines is 1. The van der Waals surface area contributed by atoms with E-state index in [-0.39, 0.29) is 0 Å². The predicted octanol–water partition coefficient (Wildman–Crippen LogP) is 5.29. The number of benzene rings is 1. The van der Waals surface area contributed by atoms with Crippen molar-refractivity contribution in [3.8, 4) is 0 Å². The van der Waals surface area contributed by atoms with Gasteiger partial charge in [-0.05, 0) is 49.3 Å². The van der Waals surface area contributed by atoms with Gasteiger partial charge in [0.1, 0.15) is 0 Å². The van der Waals surface area contributed by atoms with Crippen molar-refractivity contribution < 1.29 is 0 Å². The molecule has 1 saturated carbocycles. The first-order valence-electron chi connectivity index (χ1n) is 10.0. The number of hydrogen-bond donors (Lipinski definition) is 1. The summed E-state index contributed by atoms with van der Waals surface area (Å²) >= 11 is 14.0. The van der Waals surface area contributed by atoms with Crippen LogP contribution in [0.3, 0.4) is 0 Å². The van der Waals surface area contributed by atoms with Crippen molar-refractivity contribution >= 4 is 46.6 Å². The maximum atomic E-state index is 6.45. The molecular weight excluding hydrogens is 425 g/mol. The van der Waals surface area contributed by atoms with Crippen molar-refractivity contribution in [1.29, 1.82) is 0 Å². The molecule has 29 heavy (non-hydrogen) atoms. The van der Waals surface area contributed by atoms with Gasteiger partial charge in [-0.3, -0.25) is 4.40 Å². The Morgan fingerprint density at radius 3 is 2.69 bits per heavy atom. The first kappa shape index (κ1) is 19.5. The van der Waals surface area contributed by atoms with Gasteiger partial charge in [0.25, 0.3) is 0 Å². The molecule has 0 amide bonds. The number of rotatable bonds is 3. The maximum Gasteiger partial charge on any atom is 0.211 e. The number of imidazole rings is 1. The first-order valence-corrected chi connectivity index (χ1v) is 11.6. The summed E-state index contributed by atoms with van der Waals surface area (Å²) in [5.41, 5.74) is 7.67. The highest BCUT2D eigenvalue weighted by molar-refractivity contribution is 7.99. The van der Waals surface area contributed by atoms with Crippen LogP contribution in [0.1, 0.15) is 32.1 Å². The molecule has 0 bridgehead atoms. The normalized spacial score (nSPS) is 21.3. The molecule has 3 heterocycles. The molecule has 2 aliphatic rings. The van der Waals surface area contributed by atoms with Crippen LogP contribution in [0.15, 0.2) is 46.6 Å². The highest BCUT2D eigenvalue weighted by Crippen LogP contribution is 2.46. The third kappa shape index (κ3) is 3.50. The molecule has 1 unspecified atom stereocenters. The van der Waals surface area contributed by atoms with Crippen LogP contribution in [0.2, 0.25) is 10.0 Å². The number of nitrogens with zero attached hydrogens (tertiary/aromatic N) is 4. The van der Waals surface area contributed by atoms with Gasteiger partial charge in [0.05, 0.1) is 9.92 Å². The SMILES string of the molecule is NC1CCCC12CCN(c1ncc(Sc3cc(Cl)ccc3Cl)c3nccn13)CC2. The Hall–Kier alpha value is -1.47.